The number of hydrogen-bond acceptors (Lipinski definition) is 7. The normalized spacial score (nSPS) is 13.5. The van der Waals surface area contributed by atoms with Crippen LogP contribution in [0.4, 0.5) is 0 Å². The highest BCUT2D eigenvalue weighted by atomic mass is 31.2. The fourth-order valence-corrected chi connectivity index (χ4v) is 3.82. The van der Waals surface area contributed by atoms with Gasteiger partial charge >= 0.3 is 14.6 Å². The maximum atomic E-state index is 11.8. The summed E-state index contributed by atoms with van der Waals surface area (Å²) in [7, 11) is 3.91. The number of likely N-dealkylation sites (N-methyl/N-ethyl adjacent to an activating group) is 1. The molecule has 0 aromatic carbocycles. The third-order valence-corrected chi connectivity index (χ3v) is 5.98. The number of nitrogens with zero attached hydrogens (tertiary/aromatic N) is 1. The van der Waals surface area contributed by atoms with Gasteiger partial charge < -0.3 is 28.3 Å². The van der Waals surface area contributed by atoms with Crippen molar-refractivity contribution in [3.05, 3.63) is 0 Å². The summed E-state index contributed by atoms with van der Waals surface area (Å²) in [6, 6.07) is 0. The van der Waals surface area contributed by atoms with Gasteiger partial charge in [-0.15, -0.1) is 0 Å². The Hall–Kier alpha value is -0.300. The van der Waals surface area contributed by atoms with Gasteiger partial charge in [-0.2, -0.15) is 0 Å². The topological polar surface area (TPSA) is 77.5 Å². The molecule has 7 nitrogen and oxygen atoms in total. The standard InChI is InChI=1S/C23H48NO6P/c1-5-6-7-8-9-10-11-12-13-14-15-16-17-23(26)28-20-22(25)21-30-31(27-4)29-19-18-24(2)3/h22,25H,5-21H2,1-4H3. The highest BCUT2D eigenvalue weighted by molar-refractivity contribution is 7.41. The van der Waals surface area contributed by atoms with Crippen molar-refractivity contribution in [2.24, 2.45) is 0 Å². The zero-order chi connectivity index (χ0) is 23.2. The van der Waals surface area contributed by atoms with E-state index in [1.54, 1.807) is 0 Å². The number of unbranched alkanes of at least 4 members (excludes halogenated alkanes) is 11. The van der Waals surface area contributed by atoms with Crippen molar-refractivity contribution in [2.45, 2.75) is 96.5 Å². The van der Waals surface area contributed by atoms with E-state index in [0.29, 0.717) is 13.0 Å². The number of esters is 1. The highest BCUT2D eigenvalue weighted by Gasteiger charge is 2.15. The molecule has 0 rings (SSSR count). The maximum absolute atomic E-state index is 11.8. The molecule has 0 radical (unpaired) electrons. The molecule has 8 heteroatoms. The Kier molecular flexibility index (Phi) is 22.7. The minimum atomic E-state index is -1.50. The van der Waals surface area contributed by atoms with Crippen LogP contribution >= 0.6 is 8.60 Å². The van der Waals surface area contributed by atoms with Crippen LogP contribution in [0.2, 0.25) is 0 Å². The Morgan fingerprint density at radius 2 is 1.42 bits per heavy atom. The van der Waals surface area contributed by atoms with Gasteiger partial charge in [0.2, 0.25) is 0 Å². The smallest absolute Gasteiger partial charge is 0.332 e. The van der Waals surface area contributed by atoms with Crippen molar-refractivity contribution >= 4 is 14.6 Å². The second-order valence-corrected chi connectivity index (χ2v) is 9.64. The average molecular weight is 466 g/mol. The van der Waals surface area contributed by atoms with Gasteiger partial charge in [-0.25, -0.2) is 0 Å². The highest BCUT2D eigenvalue weighted by Crippen LogP contribution is 2.38. The van der Waals surface area contributed by atoms with Gasteiger partial charge in [0.1, 0.15) is 12.7 Å². The lowest BCUT2D eigenvalue weighted by Crippen LogP contribution is -2.23. The Labute approximate surface area is 192 Å². The van der Waals surface area contributed by atoms with Crippen LogP contribution in [0.3, 0.4) is 0 Å². The molecule has 0 saturated heterocycles. The molecule has 0 fully saturated rings. The number of rotatable bonds is 23. The zero-order valence-electron chi connectivity index (χ0n) is 20.5. The molecule has 0 heterocycles. The van der Waals surface area contributed by atoms with Crippen molar-refractivity contribution in [3.63, 3.8) is 0 Å². The minimum absolute atomic E-state index is 0.00733. The van der Waals surface area contributed by atoms with Crippen LogP contribution in [0.5, 0.6) is 0 Å². The zero-order valence-corrected chi connectivity index (χ0v) is 21.4. The molecule has 0 amide bonds. The van der Waals surface area contributed by atoms with Crippen LogP contribution in [0.1, 0.15) is 90.4 Å². The van der Waals surface area contributed by atoms with E-state index in [0.717, 1.165) is 19.4 Å². The van der Waals surface area contributed by atoms with Crippen molar-refractivity contribution < 1.29 is 28.2 Å². The van der Waals surface area contributed by atoms with Gasteiger partial charge in [0.15, 0.2) is 0 Å². The van der Waals surface area contributed by atoms with Crippen LogP contribution < -0.4 is 0 Å². The van der Waals surface area contributed by atoms with Gasteiger partial charge in [-0.3, -0.25) is 4.79 Å². The van der Waals surface area contributed by atoms with Gasteiger partial charge in [0.25, 0.3) is 0 Å². The summed E-state index contributed by atoms with van der Waals surface area (Å²) in [5.41, 5.74) is 0. The predicted octanol–water partition coefficient (Wildman–Crippen LogP) is 5.45. The minimum Gasteiger partial charge on any atom is -0.463 e. The molecule has 0 bridgehead atoms. The lowest BCUT2D eigenvalue weighted by atomic mass is 10.0. The molecule has 0 aliphatic heterocycles. The van der Waals surface area contributed by atoms with E-state index < -0.39 is 14.7 Å². The molecule has 2 atom stereocenters. The summed E-state index contributed by atoms with van der Waals surface area (Å²) >= 11 is 0. The van der Waals surface area contributed by atoms with E-state index in [4.69, 9.17) is 18.3 Å². The van der Waals surface area contributed by atoms with Gasteiger partial charge in [-0.05, 0) is 20.5 Å². The first-order chi connectivity index (χ1) is 15.0. The molecular weight excluding hydrogens is 417 g/mol. The molecule has 0 spiro atoms. The first kappa shape index (κ1) is 30.7. The lowest BCUT2D eigenvalue weighted by molar-refractivity contribution is -0.147. The molecule has 0 saturated carbocycles. The van der Waals surface area contributed by atoms with Crippen molar-refractivity contribution in [2.75, 3.05) is 47.6 Å². The second kappa shape index (κ2) is 22.9. The van der Waals surface area contributed by atoms with Gasteiger partial charge in [0.05, 0.1) is 13.2 Å². The Bertz CT molecular complexity index is 400. The third kappa shape index (κ3) is 22.7. The SMILES string of the molecule is CCCCCCCCCCCCCCC(=O)OCC(O)COP(OC)OCCN(C)C. The van der Waals surface area contributed by atoms with E-state index in [1.165, 1.54) is 71.3 Å². The number of aliphatic hydroxyl groups is 1. The molecule has 0 aliphatic carbocycles. The summed E-state index contributed by atoms with van der Waals surface area (Å²) in [6.45, 7) is 3.43. The quantitative estimate of drug-likeness (QED) is 0.122. The Morgan fingerprint density at radius 1 is 0.871 bits per heavy atom. The number of aliphatic hydroxyl groups excluding tert-OH is 1. The van der Waals surface area contributed by atoms with Crippen molar-refractivity contribution in [3.8, 4) is 0 Å². The van der Waals surface area contributed by atoms with Gasteiger partial charge in [0, 0.05) is 20.1 Å². The van der Waals surface area contributed by atoms with E-state index >= 15 is 0 Å². The van der Waals surface area contributed by atoms with Crippen molar-refractivity contribution in [1.82, 2.24) is 4.90 Å². The molecule has 0 aromatic heterocycles. The van der Waals surface area contributed by atoms with Crippen LogP contribution in [-0.2, 0) is 23.1 Å². The average Bonchev–Trinajstić information content (AvgIpc) is 2.75. The number of hydrogen-bond donors (Lipinski definition) is 1. The fraction of sp³-hybridized carbons (Fsp3) is 0.957. The number of ether oxygens (including phenoxy) is 1. The molecular formula is C23H48NO6P. The van der Waals surface area contributed by atoms with E-state index in [2.05, 4.69) is 6.92 Å². The van der Waals surface area contributed by atoms with Crippen LogP contribution in [0.15, 0.2) is 0 Å². The van der Waals surface area contributed by atoms with E-state index in [9.17, 15) is 9.90 Å². The largest absolute Gasteiger partial charge is 0.463 e. The van der Waals surface area contributed by atoms with Crippen LogP contribution in [-0.4, -0.2) is 69.7 Å². The summed E-state index contributed by atoms with van der Waals surface area (Å²) < 4.78 is 21.1. The monoisotopic (exact) mass is 465 g/mol. The number of carbonyl (C=O) groups excluding carboxylic acids is 1. The molecule has 0 aliphatic rings. The Balaban J connectivity index is 3.51. The third-order valence-electron chi connectivity index (χ3n) is 4.93. The lowest BCUT2D eigenvalue weighted by Gasteiger charge is -2.18. The molecule has 2 unspecified atom stereocenters. The van der Waals surface area contributed by atoms with Crippen LogP contribution in [0, 0.1) is 0 Å². The first-order valence-corrected chi connectivity index (χ1v) is 13.2. The summed E-state index contributed by atoms with van der Waals surface area (Å²) in [4.78, 5) is 13.8. The predicted molar refractivity (Wildman–Crippen MR) is 127 cm³/mol. The fourth-order valence-electron chi connectivity index (χ4n) is 3.01. The summed E-state index contributed by atoms with van der Waals surface area (Å²) in [5.74, 6) is -0.262. The molecule has 1 N–H and O–H groups in total. The summed E-state index contributed by atoms with van der Waals surface area (Å²) in [6.07, 6.45) is 14.7. The van der Waals surface area contributed by atoms with Gasteiger partial charge in [-0.1, -0.05) is 77.6 Å². The maximum Gasteiger partial charge on any atom is 0.332 e. The molecule has 0 aromatic rings. The second-order valence-electron chi connectivity index (χ2n) is 8.31. The van der Waals surface area contributed by atoms with Crippen molar-refractivity contribution in [1.29, 1.82) is 0 Å². The van der Waals surface area contributed by atoms with Crippen LogP contribution in [0.25, 0.3) is 0 Å². The van der Waals surface area contributed by atoms with E-state index in [-0.39, 0.29) is 19.2 Å². The summed E-state index contributed by atoms with van der Waals surface area (Å²) in [5, 5.41) is 9.92. The molecule has 186 valence electrons. The number of carbonyl (C=O) groups is 1. The van der Waals surface area contributed by atoms with E-state index in [1.807, 2.05) is 19.0 Å². The first-order valence-electron chi connectivity index (χ1n) is 12.1. The Morgan fingerprint density at radius 3 is 1.94 bits per heavy atom. The molecule has 31 heavy (non-hydrogen) atoms.